The number of aromatic nitrogens is 3. The molecule has 0 aliphatic heterocycles. The van der Waals surface area contributed by atoms with E-state index < -0.39 is 16.0 Å². The second kappa shape index (κ2) is 9.65. The summed E-state index contributed by atoms with van der Waals surface area (Å²) in [5.41, 5.74) is 1.16. The highest BCUT2D eigenvalue weighted by molar-refractivity contribution is 7.90. The molecule has 1 atom stereocenters. The Kier molecular flexibility index (Phi) is 7.19. The average molecular weight is 438 g/mol. The van der Waals surface area contributed by atoms with Crippen LogP contribution in [0.2, 0.25) is 0 Å². The molecule has 30 heavy (non-hydrogen) atoms. The number of nitrogens with one attached hydrogen (secondary N) is 2. The fourth-order valence-corrected chi connectivity index (χ4v) is 3.84. The first-order chi connectivity index (χ1) is 14.3. The zero-order valence-corrected chi connectivity index (χ0v) is 18.0. The van der Waals surface area contributed by atoms with Gasteiger partial charge in [0.1, 0.15) is 12.0 Å². The summed E-state index contributed by atoms with van der Waals surface area (Å²) in [5.74, 6) is 0.848. The Morgan fingerprint density at radius 3 is 2.53 bits per heavy atom. The van der Waals surface area contributed by atoms with Crippen molar-refractivity contribution in [1.82, 2.24) is 15.0 Å². The van der Waals surface area contributed by atoms with Gasteiger partial charge in [0, 0.05) is 31.2 Å². The maximum Gasteiger partial charge on any atom is 0.224 e. The number of hydrogen-bond acceptors (Lipinski definition) is 8. The first-order valence-electron chi connectivity index (χ1n) is 10.1. The molecular formula is C20H28FN5O3S. The molecule has 3 N–H and O–H groups in total. The zero-order valence-electron chi connectivity index (χ0n) is 17.2. The molecule has 2 aromatic rings. The van der Waals surface area contributed by atoms with E-state index in [4.69, 9.17) is 0 Å². The van der Waals surface area contributed by atoms with Crippen LogP contribution in [0.15, 0.2) is 29.4 Å². The molecule has 0 radical (unpaired) electrons. The minimum atomic E-state index is -3.34. The number of anilines is 2. The number of hydrogen-bond donors (Lipinski definition) is 3. The third-order valence-corrected chi connectivity index (χ3v) is 6.29. The topological polar surface area (TPSA) is 117 Å². The lowest BCUT2D eigenvalue weighted by Crippen LogP contribution is -2.29. The normalized spacial score (nSPS) is 20.5. The molecule has 1 fully saturated rings. The molecule has 0 aromatic carbocycles. The molecule has 1 aliphatic rings. The van der Waals surface area contributed by atoms with Crippen LogP contribution < -0.4 is 10.6 Å². The van der Waals surface area contributed by atoms with Crippen molar-refractivity contribution in [2.45, 2.75) is 62.2 Å². The molecule has 3 rings (SSSR count). The van der Waals surface area contributed by atoms with Crippen molar-refractivity contribution in [1.29, 1.82) is 0 Å². The van der Waals surface area contributed by atoms with Gasteiger partial charge in [-0.15, -0.1) is 0 Å². The maximum atomic E-state index is 13.6. The predicted molar refractivity (Wildman–Crippen MR) is 114 cm³/mol. The predicted octanol–water partition coefficient (Wildman–Crippen LogP) is 2.82. The van der Waals surface area contributed by atoms with E-state index in [0.29, 0.717) is 42.3 Å². The van der Waals surface area contributed by atoms with E-state index in [2.05, 4.69) is 25.6 Å². The smallest absolute Gasteiger partial charge is 0.224 e. The number of nitrogens with zero attached hydrogens (tertiary/aromatic N) is 3. The maximum absolute atomic E-state index is 13.6. The van der Waals surface area contributed by atoms with Gasteiger partial charge in [0.25, 0.3) is 0 Å². The van der Waals surface area contributed by atoms with Crippen LogP contribution in [0.5, 0.6) is 0 Å². The molecule has 2 heterocycles. The Balaban J connectivity index is 1.88. The highest BCUT2D eigenvalue weighted by Gasteiger charge is 2.22. The summed E-state index contributed by atoms with van der Waals surface area (Å²) in [5, 5.41) is 16.1. The van der Waals surface area contributed by atoms with Crippen LogP contribution in [-0.2, 0) is 9.84 Å². The Morgan fingerprint density at radius 2 is 1.93 bits per heavy atom. The van der Waals surface area contributed by atoms with Crippen LogP contribution in [-0.4, -0.2) is 59.6 Å². The Morgan fingerprint density at radius 1 is 1.20 bits per heavy atom. The molecule has 0 amide bonds. The Bertz CT molecular complexity index is 947. The molecular weight excluding hydrogens is 409 g/mol. The summed E-state index contributed by atoms with van der Waals surface area (Å²) >= 11 is 0. The minimum absolute atomic E-state index is 0.117. The molecule has 1 saturated carbocycles. The number of rotatable bonds is 8. The van der Waals surface area contributed by atoms with Gasteiger partial charge in [-0.25, -0.2) is 17.8 Å². The number of aliphatic hydroxyl groups excluding tert-OH is 1. The molecule has 10 heteroatoms. The van der Waals surface area contributed by atoms with E-state index in [1.54, 1.807) is 19.2 Å². The highest BCUT2D eigenvalue weighted by Crippen LogP contribution is 2.29. The Hall–Kier alpha value is -2.33. The number of aliphatic hydroxyl groups is 1. The van der Waals surface area contributed by atoms with Gasteiger partial charge in [0.15, 0.2) is 9.84 Å². The molecule has 1 aliphatic carbocycles. The summed E-state index contributed by atoms with van der Waals surface area (Å²) < 4.78 is 37.0. The second-order valence-corrected chi connectivity index (χ2v) is 9.66. The molecule has 0 bridgehead atoms. The second-order valence-electron chi connectivity index (χ2n) is 7.64. The number of pyridine rings is 1. The summed E-state index contributed by atoms with van der Waals surface area (Å²) in [4.78, 5) is 13.2. The molecule has 0 unspecified atom stereocenters. The van der Waals surface area contributed by atoms with Crippen molar-refractivity contribution in [3.63, 3.8) is 0 Å². The van der Waals surface area contributed by atoms with Gasteiger partial charge >= 0.3 is 0 Å². The summed E-state index contributed by atoms with van der Waals surface area (Å²) in [6, 6.07) is 3.25. The Labute approximate surface area is 176 Å². The fourth-order valence-electron chi connectivity index (χ4n) is 3.28. The van der Waals surface area contributed by atoms with Gasteiger partial charge < -0.3 is 15.7 Å². The molecule has 0 saturated heterocycles. The molecule has 164 valence electrons. The highest BCUT2D eigenvalue weighted by atomic mass is 32.2. The average Bonchev–Trinajstić information content (AvgIpc) is 2.73. The lowest BCUT2D eigenvalue weighted by atomic mass is 9.93. The van der Waals surface area contributed by atoms with Crippen molar-refractivity contribution in [2.24, 2.45) is 0 Å². The van der Waals surface area contributed by atoms with Crippen LogP contribution in [0.25, 0.3) is 11.3 Å². The van der Waals surface area contributed by atoms with Gasteiger partial charge in [-0.2, -0.15) is 4.98 Å². The molecule has 8 nitrogen and oxygen atoms in total. The lowest BCUT2D eigenvalue weighted by Gasteiger charge is -2.27. The van der Waals surface area contributed by atoms with Gasteiger partial charge in [0.2, 0.25) is 5.95 Å². The zero-order chi connectivity index (χ0) is 21.7. The summed E-state index contributed by atoms with van der Waals surface area (Å²) in [7, 11) is -3.34. The van der Waals surface area contributed by atoms with E-state index >= 15 is 0 Å². The first kappa shape index (κ1) is 22.4. The van der Waals surface area contributed by atoms with Crippen molar-refractivity contribution >= 4 is 21.6 Å². The van der Waals surface area contributed by atoms with Crippen LogP contribution in [0.3, 0.4) is 0 Å². The number of alkyl halides is 1. The minimum Gasteiger partial charge on any atom is -0.393 e. The van der Waals surface area contributed by atoms with Gasteiger partial charge in [-0.1, -0.05) is 6.92 Å². The quantitative estimate of drug-likeness (QED) is 0.577. The largest absolute Gasteiger partial charge is 0.393 e. The van der Waals surface area contributed by atoms with Crippen LogP contribution in [0.4, 0.5) is 16.2 Å². The van der Waals surface area contributed by atoms with E-state index in [0.717, 1.165) is 19.1 Å². The third kappa shape index (κ3) is 5.85. The van der Waals surface area contributed by atoms with Gasteiger partial charge in [0.05, 0.1) is 22.3 Å². The monoisotopic (exact) mass is 437 g/mol. The summed E-state index contributed by atoms with van der Waals surface area (Å²) in [6.07, 6.45) is 6.20. The number of halogens is 1. The third-order valence-electron chi connectivity index (χ3n) is 5.19. The number of sulfone groups is 1. The van der Waals surface area contributed by atoms with Crippen molar-refractivity contribution in [2.75, 3.05) is 23.4 Å². The lowest BCUT2D eigenvalue weighted by molar-refractivity contribution is 0.126. The SMILES string of the molecule is CC[C@H](F)CNc1ncc(-c2ccc(S(C)(=O)=O)cn2)c(NC2CCC(O)CC2)n1. The van der Waals surface area contributed by atoms with Crippen molar-refractivity contribution in [3.8, 4) is 11.3 Å². The standard InChI is InChI=1S/C20H28FN5O3S/c1-3-13(21)10-23-20-24-12-17(18-9-8-16(11-22-18)30(2,28)29)19(26-20)25-14-4-6-15(27)7-5-14/h8-9,11-15,27H,3-7,10H2,1-2H3,(H2,23,24,25,26)/t13-,14?,15?/m0/s1. The van der Waals surface area contributed by atoms with Crippen molar-refractivity contribution in [3.05, 3.63) is 24.5 Å². The van der Waals surface area contributed by atoms with E-state index in [1.165, 1.54) is 12.3 Å². The van der Waals surface area contributed by atoms with Crippen LogP contribution in [0, 0.1) is 0 Å². The van der Waals surface area contributed by atoms with Crippen LogP contribution >= 0.6 is 0 Å². The van der Waals surface area contributed by atoms with E-state index in [-0.39, 0.29) is 23.6 Å². The first-order valence-corrected chi connectivity index (χ1v) is 12.0. The van der Waals surface area contributed by atoms with Crippen molar-refractivity contribution < 1.29 is 17.9 Å². The summed E-state index contributed by atoms with van der Waals surface area (Å²) in [6.45, 7) is 1.89. The van der Waals surface area contributed by atoms with Gasteiger partial charge in [-0.05, 0) is 44.2 Å². The molecule has 0 spiro atoms. The molecule has 2 aromatic heterocycles. The van der Waals surface area contributed by atoms with Gasteiger partial charge in [-0.3, -0.25) is 4.98 Å². The van der Waals surface area contributed by atoms with E-state index in [1.807, 2.05) is 0 Å². The van der Waals surface area contributed by atoms with E-state index in [9.17, 15) is 17.9 Å². The fraction of sp³-hybridized carbons (Fsp3) is 0.550. The van der Waals surface area contributed by atoms with Crippen LogP contribution in [0.1, 0.15) is 39.0 Å².